The van der Waals surface area contributed by atoms with Gasteiger partial charge in [0.25, 0.3) is 0 Å². The molecule has 1 atom stereocenters. The number of esters is 2. The monoisotopic (exact) mass is 228 g/mol. The van der Waals surface area contributed by atoms with Crippen LogP contribution in [0.25, 0.3) is 0 Å². The second-order valence-electron chi connectivity index (χ2n) is 4.12. The summed E-state index contributed by atoms with van der Waals surface area (Å²) in [6.45, 7) is 8.76. The lowest BCUT2D eigenvalue weighted by Gasteiger charge is -2.10. The summed E-state index contributed by atoms with van der Waals surface area (Å²) in [5, 5.41) is 0. The van der Waals surface area contributed by atoms with Crippen molar-refractivity contribution in [2.24, 2.45) is 5.92 Å². The first-order valence-electron chi connectivity index (χ1n) is 5.42. The molecule has 0 aliphatic heterocycles. The minimum Gasteiger partial charge on any atom is -0.463 e. The Hall–Kier alpha value is -1.32. The maximum absolute atomic E-state index is 11.4. The second kappa shape index (κ2) is 7.04. The fourth-order valence-electron chi connectivity index (χ4n) is 0.913. The molecule has 0 fully saturated rings. The summed E-state index contributed by atoms with van der Waals surface area (Å²) in [4.78, 5) is 22.5. The van der Waals surface area contributed by atoms with E-state index in [-0.39, 0.29) is 18.2 Å². The smallest absolute Gasteiger partial charge is 0.330 e. The maximum atomic E-state index is 11.4. The topological polar surface area (TPSA) is 52.6 Å². The molecule has 16 heavy (non-hydrogen) atoms. The first kappa shape index (κ1) is 14.7. The van der Waals surface area contributed by atoms with Gasteiger partial charge in [-0.05, 0) is 34.6 Å². The van der Waals surface area contributed by atoms with Gasteiger partial charge in [0.1, 0.15) is 0 Å². The molecule has 0 saturated carbocycles. The van der Waals surface area contributed by atoms with Gasteiger partial charge in [0.2, 0.25) is 0 Å². The van der Waals surface area contributed by atoms with E-state index in [1.54, 1.807) is 34.6 Å². The third kappa shape index (κ3) is 7.04. The van der Waals surface area contributed by atoms with E-state index in [4.69, 9.17) is 9.47 Å². The van der Waals surface area contributed by atoms with Gasteiger partial charge in [-0.25, -0.2) is 4.79 Å². The minimum atomic E-state index is -0.445. The van der Waals surface area contributed by atoms with Crippen molar-refractivity contribution in [2.75, 3.05) is 0 Å². The summed E-state index contributed by atoms with van der Waals surface area (Å²) < 4.78 is 9.87. The van der Waals surface area contributed by atoms with Crippen molar-refractivity contribution in [1.29, 1.82) is 0 Å². The molecular weight excluding hydrogens is 208 g/mol. The van der Waals surface area contributed by atoms with E-state index < -0.39 is 11.9 Å². The Kier molecular flexibility index (Phi) is 6.46. The number of hydrogen-bond acceptors (Lipinski definition) is 4. The van der Waals surface area contributed by atoms with Crippen LogP contribution in [-0.4, -0.2) is 24.1 Å². The van der Waals surface area contributed by atoms with Crippen LogP contribution in [0.2, 0.25) is 0 Å². The van der Waals surface area contributed by atoms with Crippen molar-refractivity contribution < 1.29 is 19.1 Å². The fraction of sp³-hybridized carbons (Fsp3) is 0.667. The van der Waals surface area contributed by atoms with Crippen LogP contribution in [0.1, 0.15) is 34.6 Å². The summed E-state index contributed by atoms with van der Waals surface area (Å²) in [6, 6.07) is 0. The molecule has 0 aromatic carbocycles. The van der Waals surface area contributed by atoms with E-state index >= 15 is 0 Å². The first-order chi connectivity index (χ1) is 7.32. The van der Waals surface area contributed by atoms with E-state index in [0.717, 1.165) is 0 Å². The molecule has 4 nitrogen and oxygen atoms in total. The van der Waals surface area contributed by atoms with Gasteiger partial charge >= 0.3 is 11.9 Å². The van der Waals surface area contributed by atoms with E-state index in [1.807, 2.05) is 0 Å². The number of carbonyl (C=O) groups excluding carboxylic acids is 2. The van der Waals surface area contributed by atoms with Crippen molar-refractivity contribution in [3.8, 4) is 0 Å². The Labute approximate surface area is 96.6 Å². The molecule has 1 unspecified atom stereocenters. The lowest BCUT2D eigenvalue weighted by molar-refractivity contribution is -0.150. The van der Waals surface area contributed by atoms with Crippen LogP contribution in [-0.2, 0) is 19.1 Å². The highest BCUT2D eigenvalue weighted by atomic mass is 16.5. The van der Waals surface area contributed by atoms with E-state index in [0.29, 0.717) is 0 Å². The number of carbonyl (C=O) groups is 2. The molecule has 0 bridgehead atoms. The van der Waals surface area contributed by atoms with Crippen molar-refractivity contribution in [3.63, 3.8) is 0 Å². The summed E-state index contributed by atoms with van der Waals surface area (Å²) in [6.07, 6.45) is 2.43. The van der Waals surface area contributed by atoms with Crippen LogP contribution >= 0.6 is 0 Å². The van der Waals surface area contributed by atoms with Crippen LogP contribution in [0, 0.1) is 5.92 Å². The summed E-state index contributed by atoms with van der Waals surface area (Å²) in [7, 11) is 0. The van der Waals surface area contributed by atoms with Crippen LogP contribution in [0.15, 0.2) is 12.2 Å². The Morgan fingerprint density at radius 2 is 1.44 bits per heavy atom. The quantitative estimate of drug-likeness (QED) is 0.534. The zero-order chi connectivity index (χ0) is 12.7. The van der Waals surface area contributed by atoms with Gasteiger partial charge < -0.3 is 9.47 Å². The highest BCUT2D eigenvalue weighted by Crippen LogP contribution is 2.04. The van der Waals surface area contributed by atoms with Crippen molar-refractivity contribution >= 4 is 11.9 Å². The molecule has 0 amide bonds. The molecule has 0 spiro atoms. The predicted molar refractivity (Wildman–Crippen MR) is 60.8 cm³/mol. The van der Waals surface area contributed by atoms with Gasteiger partial charge in [-0.15, -0.1) is 0 Å². The van der Waals surface area contributed by atoms with E-state index in [2.05, 4.69) is 0 Å². The lowest BCUT2D eigenvalue weighted by atomic mass is 10.1. The molecule has 0 saturated heterocycles. The van der Waals surface area contributed by atoms with Crippen LogP contribution < -0.4 is 0 Å². The normalized spacial score (nSPS) is 13.2. The molecule has 0 radical (unpaired) electrons. The van der Waals surface area contributed by atoms with Crippen LogP contribution in [0.4, 0.5) is 0 Å². The Morgan fingerprint density at radius 1 is 0.938 bits per heavy atom. The van der Waals surface area contributed by atoms with Gasteiger partial charge in [-0.3, -0.25) is 4.79 Å². The fourth-order valence-corrected chi connectivity index (χ4v) is 0.913. The zero-order valence-electron chi connectivity index (χ0n) is 10.5. The van der Waals surface area contributed by atoms with Crippen molar-refractivity contribution in [1.82, 2.24) is 0 Å². The molecule has 92 valence electrons. The third-order valence-electron chi connectivity index (χ3n) is 1.60. The van der Waals surface area contributed by atoms with Crippen molar-refractivity contribution in [2.45, 2.75) is 46.8 Å². The maximum Gasteiger partial charge on any atom is 0.330 e. The molecule has 0 rings (SSSR count). The SMILES string of the molecule is CC(C)OC(=O)/C=C\C(C)C(=O)OC(C)C. The van der Waals surface area contributed by atoms with Gasteiger partial charge in [-0.2, -0.15) is 0 Å². The summed E-state index contributed by atoms with van der Waals surface area (Å²) in [5.74, 6) is -1.23. The van der Waals surface area contributed by atoms with E-state index in [9.17, 15) is 9.59 Å². The average molecular weight is 228 g/mol. The molecule has 0 aliphatic rings. The number of rotatable bonds is 5. The standard InChI is InChI=1S/C12H20O4/c1-8(2)15-11(13)7-6-10(5)12(14)16-9(3)4/h6-10H,1-5H3/b7-6-. The molecule has 0 N–H and O–H groups in total. The minimum absolute atomic E-state index is 0.147. The van der Waals surface area contributed by atoms with Gasteiger partial charge in [0.15, 0.2) is 0 Å². The predicted octanol–water partition coefficient (Wildman–Crippen LogP) is 2.08. The van der Waals surface area contributed by atoms with E-state index in [1.165, 1.54) is 12.2 Å². The van der Waals surface area contributed by atoms with Gasteiger partial charge in [0, 0.05) is 6.08 Å². The Bertz CT molecular complexity index is 266. The number of ether oxygens (including phenoxy) is 2. The molecule has 0 aromatic heterocycles. The highest BCUT2D eigenvalue weighted by Gasteiger charge is 2.13. The summed E-state index contributed by atoms with van der Waals surface area (Å²) >= 11 is 0. The molecule has 4 heteroatoms. The zero-order valence-corrected chi connectivity index (χ0v) is 10.5. The molecule has 0 heterocycles. The third-order valence-corrected chi connectivity index (χ3v) is 1.60. The lowest BCUT2D eigenvalue weighted by Crippen LogP contribution is -2.18. The van der Waals surface area contributed by atoms with Gasteiger partial charge in [0.05, 0.1) is 18.1 Å². The highest BCUT2D eigenvalue weighted by molar-refractivity contribution is 5.83. The van der Waals surface area contributed by atoms with Gasteiger partial charge in [-0.1, -0.05) is 6.08 Å². The van der Waals surface area contributed by atoms with Crippen LogP contribution in [0.3, 0.4) is 0 Å². The molecule has 0 aromatic rings. The number of hydrogen-bond donors (Lipinski definition) is 0. The summed E-state index contributed by atoms with van der Waals surface area (Å²) in [5.41, 5.74) is 0. The first-order valence-corrected chi connectivity index (χ1v) is 5.42. The molecule has 0 aliphatic carbocycles. The largest absolute Gasteiger partial charge is 0.463 e. The average Bonchev–Trinajstić information content (AvgIpc) is 2.11. The Morgan fingerprint density at radius 3 is 1.88 bits per heavy atom. The Balaban J connectivity index is 4.12. The second-order valence-corrected chi connectivity index (χ2v) is 4.12. The van der Waals surface area contributed by atoms with Crippen molar-refractivity contribution in [3.05, 3.63) is 12.2 Å². The van der Waals surface area contributed by atoms with Crippen LogP contribution in [0.5, 0.6) is 0 Å². The molecular formula is C12H20O4.